The lowest BCUT2D eigenvalue weighted by molar-refractivity contribution is -0.182. The molecule has 0 unspecified atom stereocenters. The minimum atomic E-state index is -4.21. The molecule has 4 heterocycles. The molecular formula is C19H15F3N6. The van der Waals surface area contributed by atoms with Crippen molar-refractivity contribution in [1.82, 2.24) is 24.6 Å². The molecule has 0 amide bonds. The Balaban J connectivity index is 1.43. The van der Waals surface area contributed by atoms with Crippen LogP contribution in [0.1, 0.15) is 12.8 Å². The summed E-state index contributed by atoms with van der Waals surface area (Å²) in [5.41, 5.74) is 1.54. The Morgan fingerprint density at radius 3 is 2.75 bits per heavy atom. The zero-order valence-electron chi connectivity index (χ0n) is 14.6. The Kier molecular flexibility index (Phi) is 3.55. The molecule has 142 valence electrons. The summed E-state index contributed by atoms with van der Waals surface area (Å²) in [7, 11) is 0. The number of nitrogens with zero attached hydrogens (tertiary/aromatic N) is 5. The van der Waals surface area contributed by atoms with Crippen LogP contribution in [-0.4, -0.2) is 37.3 Å². The Labute approximate surface area is 157 Å². The van der Waals surface area contributed by atoms with Crippen LogP contribution in [0.25, 0.3) is 27.7 Å². The largest absolute Gasteiger partial charge is 0.396 e. The van der Waals surface area contributed by atoms with E-state index in [-0.39, 0.29) is 25.3 Å². The van der Waals surface area contributed by atoms with E-state index in [9.17, 15) is 13.2 Å². The van der Waals surface area contributed by atoms with E-state index in [1.807, 2.05) is 24.3 Å². The van der Waals surface area contributed by atoms with Gasteiger partial charge in [-0.2, -0.15) is 13.2 Å². The zero-order valence-corrected chi connectivity index (χ0v) is 14.6. The summed E-state index contributed by atoms with van der Waals surface area (Å²) in [6, 6.07) is 7.65. The molecule has 0 aromatic carbocycles. The molecule has 28 heavy (non-hydrogen) atoms. The third-order valence-corrected chi connectivity index (χ3v) is 5.22. The molecule has 5 rings (SSSR count). The first-order valence-corrected chi connectivity index (χ1v) is 8.81. The number of aromatic nitrogens is 5. The maximum atomic E-state index is 13.1. The van der Waals surface area contributed by atoms with Crippen LogP contribution in [0, 0.1) is 5.41 Å². The molecule has 6 nitrogen and oxygen atoms in total. The van der Waals surface area contributed by atoms with Gasteiger partial charge in [-0.3, -0.25) is 0 Å². The fraction of sp³-hybridized carbons (Fsp3) is 0.263. The number of halogens is 3. The molecule has 9 heteroatoms. The Morgan fingerprint density at radius 1 is 1.11 bits per heavy atom. The smallest absolute Gasteiger partial charge is 0.352 e. The van der Waals surface area contributed by atoms with Crippen molar-refractivity contribution in [2.24, 2.45) is 5.41 Å². The van der Waals surface area contributed by atoms with E-state index in [2.05, 4.69) is 25.4 Å². The lowest BCUT2D eigenvalue weighted by Gasteiger charge is -2.19. The average molecular weight is 384 g/mol. The summed E-state index contributed by atoms with van der Waals surface area (Å²) in [6.45, 7) is -0.211. The van der Waals surface area contributed by atoms with Crippen LogP contribution in [0.3, 0.4) is 0 Å². The SMILES string of the molecule is FC(F)(F)C1(CNc2ncc3c(-c4cnc5ncccc5c4)ccn3n2)CC1. The quantitative estimate of drug-likeness (QED) is 0.574. The first-order valence-electron chi connectivity index (χ1n) is 8.81. The van der Waals surface area contributed by atoms with Crippen molar-refractivity contribution in [2.75, 3.05) is 11.9 Å². The van der Waals surface area contributed by atoms with Crippen molar-refractivity contribution in [3.63, 3.8) is 0 Å². The number of rotatable bonds is 4. The second-order valence-electron chi connectivity index (χ2n) is 7.05. The van der Waals surface area contributed by atoms with Gasteiger partial charge in [0.25, 0.3) is 0 Å². The maximum absolute atomic E-state index is 13.1. The standard InChI is InChI=1S/C19H15F3N6/c20-19(21,22)18(4-5-18)11-26-17-25-10-15-14(3-7-28(15)27-17)13-8-12-2-1-6-23-16(12)24-9-13/h1-3,6-10H,4-5,11H2,(H,26,27). The van der Waals surface area contributed by atoms with Gasteiger partial charge in [-0.25, -0.2) is 19.5 Å². The predicted molar refractivity (Wildman–Crippen MR) is 97.7 cm³/mol. The summed E-state index contributed by atoms with van der Waals surface area (Å²) >= 11 is 0. The molecular weight excluding hydrogens is 369 g/mol. The molecule has 4 aromatic rings. The number of anilines is 1. The minimum Gasteiger partial charge on any atom is -0.352 e. The van der Waals surface area contributed by atoms with Crippen LogP contribution in [0.5, 0.6) is 0 Å². The van der Waals surface area contributed by atoms with E-state index in [0.717, 1.165) is 22.0 Å². The van der Waals surface area contributed by atoms with Gasteiger partial charge in [-0.05, 0) is 37.1 Å². The van der Waals surface area contributed by atoms with Crippen LogP contribution in [0.4, 0.5) is 19.1 Å². The fourth-order valence-corrected chi connectivity index (χ4v) is 3.30. The number of hydrogen-bond acceptors (Lipinski definition) is 5. The number of hydrogen-bond donors (Lipinski definition) is 1. The van der Waals surface area contributed by atoms with Gasteiger partial charge in [-0.15, -0.1) is 5.10 Å². The van der Waals surface area contributed by atoms with Gasteiger partial charge >= 0.3 is 6.18 Å². The summed E-state index contributed by atoms with van der Waals surface area (Å²) < 4.78 is 40.8. The van der Waals surface area contributed by atoms with E-state index >= 15 is 0 Å². The zero-order chi connectivity index (χ0) is 19.4. The van der Waals surface area contributed by atoms with Gasteiger partial charge in [0.05, 0.1) is 17.1 Å². The second-order valence-corrected chi connectivity index (χ2v) is 7.05. The third-order valence-electron chi connectivity index (χ3n) is 5.22. The van der Waals surface area contributed by atoms with Crippen molar-refractivity contribution in [1.29, 1.82) is 0 Å². The lowest BCUT2D eigenvalue weighted by Crippen LogP contribution is -2.32. The molecule has 1 N–H and O–H groups in total. The van der Waals surface area contributed by atoms with Crippen LogP contribution >= 0.6 is 0 Å². The highest BCUT2D eigenvalue weighted by atomic mass is 19.4. The van der Waals surface area contributed by atoms with Gasteiger partial charge in [0, 0.05) is 41.6 Å². The highest BCUT2D eigenvalue weighted by molar-refractivity contribution is 5.86. The van der Waals surface area contributed by atoms with Crippen molar-refractivity contribution in [2.45, 2.75) is 19.0 Å². The molecule has 1 aliphatic rings. The van der Waals surface area contributed by atoms with Crippen LogP contribution in [0.15, 0.2) is 49.1 Å². The van der Waals surface area contributed by atoms with Gasteiger partial charge in [0.1, 0.15) is 0 Å². The number of nitrogens with one attached hydrogen (secondary N) is 1. The van der Waals surface area contributed by atoms with Crippen molar-refractivity contribution < 1.29 is 13.2 Å². The van der Waals surface area contributed by atoms with Crippen molar-refractivity contribution in [3.8, 4) is 11.1 Å². The first-order chi connectivity index (χ1) is 13.5. The monoisotopic (exact) mass is 384 g/mol. The normalized spacial score (nSPS) is 15.8. The van der Waals surface area contributed by atoms with Gasteiger partial charge in [-0.1, -0.05) is 0 Å². The average Bonchev–Trinajstić information content (AvgIpc) is 3.39. The summed E-state index contributed by atoms with van der Waals surface area (Å²) in [5.74, 6) is 0.172. The van der Waals surface area contributed by atoms with Crippen LogP contribution in [-0.2, 0) is 0 Å². The van der Waals surface area contributed by atoms with E-state index < -0.39 is 11.6 Å². The summed E-state index contributed by atoms with van der Waals surface area (Å²) in [4.78, 5) is 12.8. The van der Waals surface area contributed by atoms with E-state index in [1.54, 1.807) is 29.3 Å². The lowest BCUT2D eigenvalue weighted by atomic mass is 10.1. The molecule has 0 radical (unpaired) electrons. The molecule has 0 aliphatic heterocycles. The molecule has 1 fully saturated rings. The molecule has 0 spiro atoms. The number of fused-ring (bicyclic) bond motifs is 2. The summed E-state index contributed by atoms with van der Waals surface area (Å²) in [5, 5.41) is 7.94. The Morgan fingerprint density at radius 2 is 1.96 bits per heavy atom. The molecule has 4 aromatic heterocycles. The molecule has 0 bridgehead atoms. The van der Waals surface area contributed by atoms with Crippen LogP contribution in [0.2, 0.25) is 0 Å². The molecule has 0 saturated heterocycles. The topological polar surface area (TPSA) is 68.0 Å². The predicted octanol–water partition coefficient (Wildman–Crippen LogP) is 4.09. The van der Waals surface area contributed by atoms with E-state index in [0.29, 0.717) is 5.65 Å². The molecule has 1 saturated carbocycles. The van der Waals surface area contributed by atoms with E-state index in [4.69, 9.17) is 0 Å². The van der Waals surface area contributed by atoms with Gasteiger partial charge in [0.2, 0.25) is 5.95 Å². The number of alkyl halides is 3. The molecule has 1 aliphatic carbocycles. The Hall–Kier alpha value is -3.23. The van der Waals surface area contributed by atoms with Gasteiger partial charge < -0.3 is 5.32 Å². The Bertz CT molecular complexity index is 1180. The minimum absolute atomic E-state index is 0.142. The van der Waals surface area contributed by atoms with Crippen molar-refractivity contribution >= 4 is 22.5 Å². The van der Waals surface area contributed by atoms with Gasteiger partial charge in [0.15, 0.2) is 5.65 Å². The van der Waals surface area contributed by atoms with Crippen molar-refractivity contribution in [3.05, 3.63) is 49.1 Å². The third kappa shape index (κ3) is 2.74. The van der Waals surface area contributed by atoms with E-state index in [1.165, 1.54) is 0 Å². The first kappa shape index (κ1) is 16.9. The van der Waals surface area contributed by atoms with Crippen LogP contribution < -0.4 is 5.32 Å². The number of pyridine rings is 2. The fourth-order valence-electron chi connectivity index (χ4n) is 3.30. The highest BCUT2D eigenvalue weighted by Crippen LogP contribution is 2.57. The maximum Gasteiger partial charge on any atom is 0.396 e. The highest BCUT2D eigenvalue weighted by Gasteiger charge is 2.62. The summed E-state index contributed by atoms with van der Waals surface area (Å²) in [6.07, 6.45) is 2.86. The second kappa shape index (κ2) is 5.88. The molecule has 0 atom stereocenters.